The van der Waals surface area contributed by atoms with Crippen LogP contribution in [0.2, 0.25) is 0 Å². The average Bonchev–Trinajstić information content (AvgIpc) is 2.47. The van der Waals surface area contributed by atoms with Crippen LogP contribution in [0.3, 0.4) is 0 Å². The van der Waals surface area contributed by atoms with Gasteiger partial charge in [0.15, 0.2) is 0 Å². The quantitative estimate of drug-likeness (QED) is 0.482. The molecule has 2 atom stereocenters. The second-order valence-electron chi connectivity index (χ2n) is 4.92. The molecule has 1 aliphatic rings. The average molecular weight is 276 g/mol. The van der Waals surface area contributed by atoms with Gasteiger partial charge in [-0.2, -0.15) is 5.10 Å². The van der Waals surface area contributed by atoms with E-state index in [-0.39, 0.29) is 5.91 Å². The van der Waals surface area contributed by atoms with E-state index in [2.05, 4.69) is 10.5 Å². The summed E-state index contributed by atoms with van der Waals surface area (Å²) in [6, 6.07) is 6.73. The van der Waals surface area contributed by atoms with Crippen LogP contribution in [0.1, 0.15) is 13.8 Å². The lowest BCUT2D eigenvalue weighted by Crippen LogP contribution is -2.79. The number of nitrogens with two attached hydrogens (primary N) is 1. The molecule has 0 radical (unpaired) electrons. The number of nitrogens with one attached hydrogen (secondary N) is 1. The summed E-state index contributed by atoms with van der Waals surface area (Å²) in [5.74, 6) is 0.636. The normalized spacial score (nSPS) is 26.2. The molecule has 1 saturated heterocycles. The number of rotatable bonds is 4. The first-order valence-corrected chi connectivity index (χ1v) is 6.42. The summed E-state index contributed by atoms with van der Waals surface area (Å²) in [6.07, 6.45) is 0. The first kappa shape index (κ1) is 14.3. The van der Waals surface area contributed by atoms with Gasteiger partial charge in [-0.15, -0.1) is 0 Å². The van der Waals surface area contributed by atoms with Crippen molar-refractivity contribution in [3.63, 3.8) is 0 Å². The lowest BCUT2D eigenvalue weighted by Gasteiger charge is -2.54. The molecule has 0 spiro atoms. The largest absolute Gasteiger partial charge is 0.497 e. The summed E-state index contributed by atoms with van der Waals surface area (Å²) in [7, 11) is 3.32. The number of hydrazone groups is 1. The van der Waals surface area contributed by atoms with E-state index in [0.717, 1.165) is 17.1 Å². The summed E-state index contributed by atoms with van der Waals surface area (Å²) < 4.78 is 5.12. The van der Waals surface area contributed by atoms with Crippen LogP contribution < -0.4 is 20.8 Å². The predicted octanol–water partition coefficient (Wildman–Crippen LogP) is 0.723. The van der Waals surface area contributed by atoms with Crippen LogP contribution in [0.4, 0.5) is 5.69 Å². The number of carbonyl (C=O) groups excluding carboxylic acids is 1. The Bertz CT molecular complexity index is 541. The first-order valence-electron chi connectivity index (χ1n) is 6.42. The van der Waals surface area contributed by atoms with E-state index in [1.165, 1.54) is 0 Å². The van der Waals surface area contributed by atoms with E-state index in [1.54, 1.807) is 19.1 Å². The fraction of sp³-hybridized carbons (Fsp3) is 0.429. The molecule has 6 heteroatoms. The Kier molecular flexibility index (Phi) is 3.67. The number of hydrogen-bond acceptors (Lipinski definition) is 5. The van der Waals surface area contributed by atoms with E-state index >= 15 is 0 Å². The second kappa shape index (κ2) is 5.13. The van der Waals surface area contributed by atoms with Crippen molar-refractivity contribution in [2.45, 2.75) is 25.4 Å². The Labute approximate surface area is 118 Å². The van der Waals surface area contributed by atoms with Gasteiger partial charge in [0.05, 0.1) is 12.8 Å². The topological polar surface area (TPSA) is 79.9 Å². The van der Waals surface area contributed by atoms with Crippen LogP contribution in [0.15, 0.2) is 29.4 Å². The standard InChI is InChI=1S/C14H20N4O2/c1-9(17-16-3)14(2)12(15)13(19)18(14)10-5-7-11(20-4)8-6-10/h5-8,12,16H,15H2,1-4H3/b17-9+/t12-,14-/m1/s1. The first-order chi connectivity index (χ1) is 9.46. The Morgan fingerprint density at radius 1 is 1.45 bits per heavy atom. The smallest absolute Gasteiger partial charge is 0.247 e. The molecule has 2 rings (SSSR count). The van der Waals surface area contributed by atoms with E-state index in [4.69, 9.17) is 10.5 Å². The van der Waals surface area contributed by atoms with E-state index in [0.29, 0.717) is 0 Å². The van der Waals surface area contributed by atoms with Crippen molar-refractivity contribution in [1.29, 1.82) is 0 Å². The van der Waals surface area contributed by atoms with Crippen molar-refractivity contribution < 1.29 is 9.53 Å². The van der Waals surface area contributed by atoms with Crippen molar-refractivity contribution in [2.75, 3.05) is 19.1 Å². The fourth-order valence-electron chi connectivity index (χ4n) is 2.48. The summed E-state index contributed by atoms with van der Waals surface area (Å²) in [5.41, 5.74) is 9.67. The number of β-lactam (4-membered cyclic amide) rings is 1. The van der Waals surface area contributed by atoms with Crippen LogP contribution in [0.25, 0.3) is 0 Å². The van der Waals surface area contributed by atoms with Crippen molar-refractivity contribution in [3.05, 3.63) is 24.3 Å². The van der Waals surface area contributed by atoms with Gasteiger partial charge in [-0.3, -0.25) is 9.69 Å². The minimum Gasteiger partial charge on any atom is -0.497 e. The molecule has 1 aliphatic heterocycles. The molecule has 0 aliphatic carbocycles. The molecule has 20 heavy (non-hydrogen) atoms. The van der Waals surface area contributed by atoms with Gasteiger partial charge in [0, 0.05) is 12.7 Å². The maximum Gasteiger partial charge on any atom is 0.247 e. The van der Waals surface area contributed by atoms with E-state index < -0.39 is 11.6 Å². The van der Waals surface area contributed by atoms with Crippen LogP contribution in [-0.2, 0) is 4.79 Å². The lowest BCUT2D eigenvalue weighted by molar-refractivity contribution is -0.127. The van der Waals surface area contributed by atoms with Crippen molar-refractivity contribution >= 4 is 17.3 Å². The molecule has 3 N–H and O–H groups in total. The molecule has 0 bridgehead atoms. The molecule has 0 aromatic heterocycles. The zero-order chi connectivity index (χ0) is 14.9. The molecule has 1 amide bonds. The monoisotopic (exact) mass is 276 g/mol. The summed E-state index contributed by atoms with van der Waals surface area (Å²) >= 11 is 0. The van der Waals surface area contributed by atoms with Crippen molar-refractivity contribution in [2.24, 2.45) is 10.8 Å². The SMILES string of the molecule is CN/N=C(\C)[C@]1(C)[C@H](N)C(=O)N1c1ccc(OC)cc1. The summed E-state index contributed by atoms with van der Waals surface area (Å²) in [6.45, 7) is 3.78. The summed E-state index contributed by atoms with van der Waals surface area (Å²) in [5, 5.41) is 4.18. The molecule has 6 nitrogen and oxygen atoms in total. The van der Waals surface area contributed by atoms with Crippen LogP contribution in [-0.4, -0.2) is 37.4 Å². The van der Waals surface area contributed by atoms with Crippen molar-refractivity contribution in [3.8, 4) is 5.75 Å². The highest BCUT2D eigenvalue weighted by molar-refractivity contribution is 6.18. The molecule has 0 saturated carbocycles. The molecule has 1 heterocycles. The number of hydrogen-bond donors (Lipinski definition) is 2. The highest BCUT2D eigenvalue weighted by atomic mass is 16.5. The third kappa shape index (κ3) is 1.92. The number of carbonyl (C=O) groups is 1. The van der Waals surface area contributed by atoms with Crippen molar-refractivity contribution in [1.82, 2.24) is 5.43 Å². The van der Waals surface area contributed by atoms with Gasteiger partial charge < -0.3 is 15.9 Å². The number of amides is 1. The summed E-state index contributed by atoms with van der Waals surface area (Å²) in [4.78, 5) is 13.8. The maximum absolute atomic E-state index is 12.1. The highest BCUT2D eigenvalue weighted by Gasteiger charge is 2.57. The zero-order valence-electron chi connectivity index (χ0n) is 12.2. The zero-order valence-corrected chi connectivity index (χ0v) is 12.2. The van der Waals surface area contributed by atoms with Crippen LogP contribution >= 0.6 is 0 Å². The molecular formula is C14H20N4O2. The third-order valence-electron chi connectivity index (χ3n) is 3.90. The van der Waals surface area contributed by atoms with Gasteiger partial charge >= 0.3 is 0 Å². The second-order valence-corrected chi connectivity index (χ2v) is 4.92. The molecule has 1 fully saturated rings. The lowest BCUT2D eigenvalue weighted by atomic mass is 9.76. The number of anilines is 1. The minimum atomic E-state index is -0.616. The maximum atomic E-state index is 12.1. The van der Waals surface area contributed by atoms with Gasteiger partial charge in [-0.1, -0.05) is 0 Å². The van der Waals surface area contributed by atoms with Crippen LogP contribution in [0.5, 0.6) is 5.75 Å². The Morgan fingerprint density at radius 3 is 2.55 bits per heavy atom. The third-order valence-corrected chi connectivity index (χ3v) is 3.90. The molecule has 1 aromatic carbocycles. The van der Waals surface area contributed by atoms with Crippen LogP contribution in [0, 0.1) is 0 Å². The number of benzene rings is 1. The molecule has 108 valence electrons. The Hall–Kier alpha value is -2.08. The number of nitrogens with zero attached hydrogens (tertiary/aromatic N) is 2. The van der Waals surface area contributed by atoms with Gasteiger partial charge in [0.25, 0.3) is 0 Å². The highest BCUT2D eigenvalue weighted by Crippen LogP contribution is 2.37. The molecular weight excluding hydrogens is 256 g/mol. The fourth-order valence-corrected chi connectivity index (χ4v) is 2.48. The van der Waals surface area contributed by atoms with Gasteiger partial charge in [0.1, 0.15) is 17.3 Å². The van der Waals surface area contributed by atoms with E-state index in [1.807, 2.05) is 38.1 Å². The number of ether oxygens (including phenoxy) is 1. The van der Waals surface area contributed by atoms with Gasteiger partial charge in [-0.25, -0.2) is 0 Å². The Morgan fingerprint density at radius 2 is 2.05 bits per heavy atom. The Balaban J connectivity index is 2.38. The van der Waals surface area contributed by atoms with Gasteiger partial charge in [0.2, 0.25) is 5.91 Å². The van der Waals surface area contributed by atoms with E-state index in [9.17, 15) is 4.79 Å². The molecule has 0 unspecified atom stereocenters. The predicted molar refractivity (Wildman–Crippen MR) is 79.0 cm³/mol. The molecule has 1 aromatic rings. The van der Waals surface area contributed by atoms with Gasteiger partial charge in [-0.05, 0) is 38.1 Å². The number of methoxy groups -OCH3 is 1. The minimum absolute atomic E-state index is 0.108.